The van der Waals surface area contributed by atoms with Crippen LogP contribution in [0.2, 0.25) is 5.02 Å². The highest BCUT2D eigenvalue weighted by atomic mass is 35.5. The molecule has 0 radical (unpaired) electrons. The molecule has 3 rings (SSSR count). The zero-order valence-electron chi connectivity index (χ0n) is 14.5. The second kappa shape index (κ2) is 8.79. The Morgan fingerprint density at radius 1 is 1.00 bits per heavy atom. The van der Waals surface area contributed by atoms with Crippen LogP contribution in [0.4, 0.5) is 0 Å². The van der Waals surface area contributed by atoms with E-state index in [0.29, 0.717) is 10.8 Å². The van der Waals surface area contributed by atoms with Gasteiger partial charge in [-0.1, -0.05) is 41.9 Å². The summed E-state index contributed by atoms with van der Waals surface area (Å²) in [6, 6.07) is 18.7. The van der Waals surface area contributed by atoms with Gasteiger partial charge < -0.3 is 4.74 Å². The molecule has 0 saturated heterocycles. The number of hydrazine groups is 1. The predicted molar refractivity (Wildman–Crippen MR) is 108 cm³/mol. The van der Waals surface area contributed by atoms with Crippen LogP contribution in [0.1, 0.15) is 10.4 Å². The van der Waals surface area contributed by atoms with E-state index in [2.05, 4.69) is 10.9 Å². The van der Waals surface area contributed by atoms with Crippen LogP contribution in [0.25, 0.3) is 10.8 Å². The third-order valence-corrected chi connectivity index (χ3v) is 5.04. The monoisotopic (exact) mass is 400 g/mol. The molecule has 138 valence electrons. The van der Waals surface area contributed by atoms with Gasteiger partial charge in [0.2, 0.25) is 5.91 Å². The highest BCUT2D eigenvalue weighted by Crippen LogP contribution is 2.24. The Kier molecular flexibility index (Phi) is 6.21. The van der Waals surface area contributed by atoms with Crippen molar-refractivity contribution in [3.05, 3.63) is 71.2 Å². The predicted octanol–water partition coefficient (Wildman–Crippen LogP) is 4.06. The van der Waals surface area contributed by atoms with Crippen molar-refractivity contribution in [1.29, 1.82) is 0 Å². The van der Waals surface area contributed by atoms with E-state index in [4.69, 9.17) is 16.3 Å². The maximum atomic E-state index is 12.2. The lowest BCUT2D eigenvalue weighted by Crippen LogP contribution is -2.42. The van der Waals surface area contributed by atoms with Gasteiger partial charge in [-0.05, 0) is 41.1 Å². The van der Waals surface area contributed by atoms with E-state index in [1.807, 2.05) is 42.5 Å². The fraction of sp³-hybridized carbons (Fsp3) is 0.100. The fourth-order valence-electron chi connectivity index (χ4n) is 2.49. The minimum absolute atomic E-state index is 0.172. The third kappa shape index (κ3) is 4.93. The van der Waals surface area contributed by atoms with Crippen molar-refractivity contribution in [2.45, 2.75) is 4.90 Å². The van der Waals surface area contributed by atoms with Crippen molar-refractivity contribution in [2.24, 2.45) is 0 Å². The number of carbonyl (C=O) groups excluding carboxylic acids is 2. The van der Waals surface area contributed by atoms with Crippen LogP contribution in [0, 0.1) is 0 Å². The van der Waals surface area contributed by atoms with Gasteiger partial charge in [0.1, 0.15) is 5.75 Å². The molecule has 3 aromatic rings. The number of carbonyl (C=O) groups is 2. The molecule has 0 aliphatic heterocycles. The van der Waals surface area contributed by atoms with Crippen molar-refractivity contribution in [2.75, 3.05) is 12.9 Å². The number of nitrogens with one attached hydrogen (secondary N) is 2. The van der Waals surface area contributed by atoms with Gasteiger partial charge >= 0.3 is 0 Å². The number of rotatable bonds is 5. The molecule has 0 aliphatic rings. The molecule has 0 saturated carbocycles. The van der Waals surface area contributed by atoms with Crippen LogP contribution in [0.15, 0.2) is 65.6 Å². The minimum atomic E-state index is -0.501. The quantitative estimate of drug-likeness (QED) is 0.500. The smallest absolute Gasteiger partial charge is 0.273 e. The van der Waals surface area contributed by atoms with Crippen molar-refractivity contribution >= 4 is 45.9 Å². The van der Waals surface area contributed by atoms with Gasteiger partial charge in [-0.15, -0.1) is 11.8 Å². The molecule has 0 bridgehead atoms. The number of thioether (sulfide) groups is 1. The lowest BCUT2D eigenvalue weighted by atomic mass is 10.1. The Morgan fingerprint density at radius 2 is 1.78 bits per heavy atom. The molecule has 0 spiro atoms. The lowest BCUT2D eigenvalue weighted by molar-refractivity contribution is -0.119. The number of hydrogen-bond acceptors (Lipinski definition) is 4. The molecule has 2 amide bonds. The minimum Gasteiger partial charge on any atom is -0.496 e. The highest BCUT2D eigenvalue weighted by Gasteiger charge is 2.14. The molecule has 5 nitrogen and oxygen atoms in total. The zero-order chi connectivity index (χ0) is 19.2. The summed E-state index contributed by atoms with van der Waals surface area (Å²) in [7, 11) is 1.46. The van der Waals surface area contributed by atoms with E-state index in [1.54, 1.807) is 12.1 Å². The molecule has 7 heteroatoms. The van der Waals surface area contributed by atoms with Gasteiger partial charge in [0.05, 0.1) is 18.4 Å². The van der Waals surface area contributed by atoms with Crippen LogP contribution in [-0.2, 0) is 4.79 Å². The van der Waals surface area contributed by atoms with E-state index in [9.17, 15) is 9.59 Å². The topological polar surface area (TPSA) is 67.4 Å². The summed E-state index contributed by atoms with van der Waals surface area (Å²) in [6.45, 7) is 0. The Bertz CT molecular complexity index is 994. The fourth-order valence-corrected chi connectivity index (χ4v) is 3.41. The average Bonchev–Trinajstić information content (AvgIpc) is 2.70. The van der Waals surface area contributed by atoms with Crippen molar-refractivity contribution in [3.8, 4) is 5.75 Å². The van der Waals surface area contributed by atoms with E-state index in [0.717, 1.165) is 15.7 Å². The van der Waals surface area contributed by atoms with Crippen LogP contribution >= 0.6 is 23.4 Å². The SMILES string of the molecule is COc1ccc(Cl)cc1C(=O)NNC(=O)CSc1ccc2ccccc2c1. The summed E-state index contributed by atoms with van der Waals surface area (Å²) in [4.78, 5) is 25.2. The molecule has 27 heavy (non-hydrogen) atoms. The summed E-state index contributed by atoms with van der Waals surface area (Å²) in [5.41, 5.74) is 5.02. The molecule has 0 aromatic heterocycles. The third-order valence-electron chi connectivity index (χ3n) is 3.81. The second-order valence-electron chi connectivity index (χ2n) is 5.64. The zero-order valence-corrected chi connectivity index (χ0v) is 16.1. The second-order valence-corrected chi connectivity index (χ2v) is 7.13. The van der Waals surface area contributed by atoms with Crippen molar-refractivity contribution in [3.63, 3.8) is 0 Å². The Morgan fingerprint density at radius 3 is 2.56 bits per heavy atom. The van der Waals surface area contributed by atoms with Gasteiger partial charge in [0.25, 0.3) is 5.91 Å². The average molecular weight is 401 g/mol. The van der Waals surface area contributed by atoms with Crippen LogP contribution in [0.5, 0.6) is 5.75 Å². The van der Waals surface area contributed by atoms with Crippen LogP contribution < -0.4 is 15.6 Å². The number of methoxy groups -OCH3 is 1. The Hall–Kier alpha value is -2.70. The molecular weight excluding hydrogens is 384 g/mol. The van der Waals surface area contributed by atoms with Crippen molar-refractivity contribution < 1.29 is 14.3 Å². The lowest BCUT2D eigenvalue weighted by Gasteiger charge is -2.10. The standard InChI is InChI=1S/C20H17ClN2O3S/c1-26-18-9-7-15(21)11-17(18)20(25)23-22-19(24)12-27-16-8-6-13-4-2-3-5-14(13)10-16/h2-11H,12H2,1H3,(H,22,24)(H,23,25). The number of fused-ring (bicyclic) bond motifs is 1. The summed E-state index contributed by atoms with van der Waals surface area (Å²) >= 11 is 7.31. The van der Waals surface area contributed by atoms with E-state index >= 15 is 0 Å². The first kappa shape index (κ1) is 19.1. The molecule has 2 N–H and O–H groups in total. The number of amides is 2. The first-order chi connectivity index (χ1) is 13.1. The number of hydrogen-bond donors (Lipinski definition) is 2. The van der Waals surface area contributed by atoms with Gasteiger partial charge in [0.15, 0.2) is 0 Å². The first-order valence-corrected chi connectivity index (χ1v) is 9.47. The van der Waals surface area contributed by atoms with Gasteiger partial charge in [-0.3, -0.25) is 20.4 Å². The van der Waals surface area contributed by atoms with Gasteiger partial charge in [-0.25, -0.2) is 0 Å². The Balaban J connectivity index is 1.54. The molecule has 0 fully saturated rings. The normalized spacial score (nSPS) is 10.4. The number of ether oxygens (including phenoxy) is 1. The van der Waals surface area contributed by atoms with E-state index in [1.165, 1.54) is 24.9 Å². The molecule has 0 heterocycles. The highest BCUT2D eigenvalue weighted by molar-refractivity contribution is 8.00. The molecular formula is C20H17ClN2O3S. The summed E-state index contributed by atoms with van der Waals surface area (Å²) < 4.78 is 5.13. The summed E-state index contributed by atoms with van der Waals surface area (Å²) in [5, 5.41) is 2.66. The van der Waals surface area contributed by atoms with Gasteiger partial charge in [-0.2, -0.15) is 0 Å². The Labute approximate surface area is 166 Å². The molecule has 0 atom stereocenters. The van der Waals surface area contributed by atoms with Gasteiger partial charge in [0, 0.05) is 9.92 Å². The van der Waals surface area contributed by atoms with E-state index < -0.39 is 5.91 Å². The van der Waals surface area contributed by atoms with Crippen molar-refractivity contribution in [1.82, 2.24) is 10.9 Å². The van der Waals surface area contributed by atoms with E-state index in [-0.39, 0.29) is 17.2 Å². The molecule has 0 aliphatic carbocycles. The summed E-state index contributed by atoms with van der Waals surface area (Å²) in [6.07, 6.45) is 0. The maximum Gasteiger partial charge on any atom is 0.273 e. The molecule has 3 aromatic carbocycles. The van der Waals surface area contributed by atoms with Crippen LogP contribution in [0.3, 0.4) is 0 Å². The number of benzene rings is 3. The first-order valence-electron chi connectivity index (χ1n) is 8.11. The van der Waals surface area contributed by atoms with Crippen LogP contribution in [-0.4, -0.2) is 24.7 Å². The maximum absolute atomic E-state index is 12.2. The largest absolute Gasteiger partial charge is 0.496 e. The molecule has 0 unspecified atom stereocenters. The summed E-state index contributed by atoms with van der Waals surface area (Å²) in [5.74, 6) is -0.275. The number of halogens is 1.